The van der Waals surface area contributed by atoms with E-state index in [0.29, 0.717) is 31.1 Å². The summed E-state index contributed by atoms with van der Waals surface area (Å²) in [5.74, 6) is 1.92. The standard InChI is InChI=1S/C13H18N6O2/c1-3-14-11-8-10(19(20)21)9-12(17-11)15-5-4-13-16-6-7-18(13)2/h6-9H,3-5H2,1-2H3,(H2,14,15,17). The first-order valence-corrected chi connectivity index (χ1v) is 6.70. The predicted molar refractivity (Wildman–Crippen MR) is 80.5 cm³/mol. The Balaban J connectivity index is 2.04. The minimum absolute atomic E-state index is 0.0143. The summed E-state index contributed by atoms with van der Waals surface area (Å²) in [6.45, 7) is 3.17. The van der Waals surface area contributed by atoms with Crippen molar-refractivity contribution in [2.45, 2.75) is 13.3 Å². The molecule has 0 saturated carbocycles. The summed E-state index contributed by atoms with van der Waals surface area (Å²) in [5.41, 5.74) is 0.0143. The van der Waals surface area contributed by atoms with Gasteiger partial charge in [0.25, 0.3) is 5.69 Å². The lowest BCUT2D eigenvalue weighted by Gasteiger charge is -2.08. The van der Waals surface area contributed by atoms with Gasteiger partial charge in [0.05, 0.1) is 17.1 Å². The molecule has 0 aliphatic rings. The first kappa shape index (κ1) is 14.8. The molecule has 2 rings (SSSR count). The smallest absolute Gasteiger partial charge is 0.276 e. The Bertz CT molecular complexity index is 625. The van der Waals surface area contributed by atoms with Gasteiger partial charge in [0.2, 0.25) is 0 Å². The van der Waals surface area contributed by atoms with E-state index in [1.807, 2.05) is 24.7 Å². The number of hydrogen-bond acceptors (Lipinski definition) is 6. The van der Waals surface area contributed by atoms with Crippen LogP contribution in [0.4, 0.5) is 17.3 Å². The van der Waals surface area contributed by atoms with E-state index in [0.717, 1.165) is 5.82 Å². The summed E-state index contributed by atoms with van der Waals surface area (Å²) in [7, 11) is 1.93. The van der Waals surface area contributed by atoms with Gasteiger partial charge in [-0.1, -0.05) is 0 Å². The van der Waals surface area contributed by atoms with Gasteiger partial charge < -0.3 is 15.2 Å². The van der Waals surface area contributed by atoms with Gasteiger partial charge in [-0.05, 0) is 6.92 Å². The molecule has 2 aromatic heterocycles. The molecule has 0 atom stereocenters. The molecule has 112 valence electrons. The van der Waals surface area contributed by atoms with E-state index in [-0.39, 0.29) is 5.69 Å². The summed E-state index contributed by atoms with van der Waals surface area (Å²) >= 11 is 0. The van der Waals surface area contributed by atoms with Crippen LogP contribution in [0.1, 0.15) is 12.7 Å². The second-order valence-corrected chi connectivity index (χ2v) is 4.51. The van der Waals surface area contributed by atoms with Gasteiger partial charge in [-0.3, -0.25) is 10.1 Å². The highest BCUT2D eigenvalue weighted by Crippen LogP contribution is 2.20. The lowest BCUT2D eigenvalue weighted by Crippen LogP contribution is -2.11. The molecule has 8 nitrogen and oxygen atoms in total. The Labute approximate surface area is 122 Å². The summed E-state index contributed by atoms with van der Waals surface area (Å²) in [4.78, 5) is 19.0. The van der Waals surface area contributed by atoms with Gasteiger partial charge in [0.1, 0.15) is 17.5 Å². The van der Waals surface area contributed by atoms with Gasteiger partial charge in [-0.25, -0.2) is 9.97 Å². The van der Waals surface area contributed by atoms with Crippen molar-refractivity contribution in [1.29, 1.82) is 0 Å². The number of aryl methyl sites for hydroxylation is 1. The van der Waals surface area contributed by atoms with E-state index in [1.54, 1.807) is 6.20 Å². The van der Waals surface area contributed by atoms with Crippen molar-refractivity contribution in [3.63, 3.8) is 0 Å². The van der Waals surface area contributed by atoms with E-state index < -0.39 is 4.92 Å². The summed E-state index contributed by atoms with van der Waals surface area (Å²) in [6, 6.07) is 2.85. The zero-order valence-electron chi connectivity index (χ0n) is 12.0. The molecule has 2 N–H and O–H groups in total. The molecule has 0 unspecified atom stereocenters. The van der Waals surface area contributed by atoms with Crippen LogP contribution in [-0.2, 0) is 13.5 Å². The SMILES string of the molecule is CCNc1cc([N+](=O)[O-])cc(NCCc2nccn2C)n1. The number of pyridine rings is 1. The summed E-state index contributed by atoms with van der Waals surface area (Å²) in [6.07, 6.45) is 4.33. The molecular formula is C13H18N6O2. The number of aromatic nitrogens is 3. The van der Waals surface area contributed by atoms with E-state index in [4.69, 9.17) is 0 Å². The summed E-state index contributed by atoms with van der Waals surface area (Å²) in [5, 5.41) is 17.0. The van der Waals surface area contributed by atoms with Crippen molar-refractivity contribution in [3.05, 3.63) is 40.5 Å². The van der Waals surface area contributed by atoms with Crippen LogP contribution in [0.25, 0.3) is 0 Å². The fourth-order valence-corrected chi connectivity index (χ4v) is 1.92. The highest BCUT2D eigenvalue weighted by molar-refractivity contribution is 5.54. The van der Waals surface area contributed by atoms with E-state index in [2.05, 4.69) is 20.6 Å². The van der Waals surface area contributed by atoms with Gasteiger partial charge in [-0.2, -0.15) is 0 Å². The summed E-state index contributed by atoms with van der Waals surface area (Å²) < 4.78 is 1.94. The van der Waals surface area contributed by atoms with Crippen molar-refractivity contribution in [2.24, 2.45) is 7.05 Å². The predicted octanol–water partition coefficient (Wildman–Crippen LogP) is 1.81. The fourth-order valence-electron chi connectivity index (χ4n) is 1.92. The van der Waals surface area contributed by atoms with Crippen LogP contribution < -0.4 is 10.6 Å². The van der Waals surface area contributed by atoms with Crippen molar-refractivity contribution in [2.75, 3.05) is 23.7 Å². The number of rotatable bonds is 7. The average molecular weight is 290 g/mol. The third kappa shape index (κ3) is 3.91. The number of imidazole rings is 1. The van der Waals surface area contributed by atoms with Crippen LogP contribution >= 0.6 is 0 Å². The van der Waals surface area contributed by atoms with Crippen LogP contribution in [0.2, 0.25) is 0 Å². The van der Waals surface area contributed by atoms with Gasteiger partial charge >= 0.3 is 0 Å². The van der Waals surface area contributed by atoms with Gasteiger partial charge in [-0.15, -0.1) is 0 Å². The maximum absolute atomic E-state index is 10.9. The Morgan fingerprint density at radius 1 is 1.33 bits per heavy atom. The van der Waals surface area contributed by atoms with Gasteiger partial charge in [0, 0.05) is 39.0 Å². The van der Waals surface area contributed by atoms with Crippen molar-refractivity contribution in [3.8, 4) is 0 Å². The minimum Gasteiger partial charge on any atom is -0.370 e. The third-order valence-corrected chi connectivity index (χ3v) is 2.95. The third-order valence-electron chi connectivity index (χ3n) is 2.95. The lowest BCUT2D eigenvalue weighted by molar-refractivity contribution is -0.384. The number of nitrogens with zero attached hydrogens (tertiary/aromatic N) is 4. The quantitative estimate of drug-likeness (QED) is 0.596. The first-order chi connectivity index (χ1) is 10.1. The molecule has 2 heterocycles. The molecule has 0 saturated heterocycles. The maximum atomic E-state index is 10.9. The Hall–Kier alpha value is -2.64. The lowest BCUT2D eigenvalue weighted by atomic mass is 10.3. The number of anilines is 2. The van der Waals surface area contributed by atoms with Crippen LogP contribution in [0.3, 0.4) is 0 Å². The molecule has 0 fully saturated rings. The van der Waals surface area contributed by atoms with Crippen molar-refractivity contribution < 1.29 is 4.92 Å². The van der Waals surface area contributed by atoms with E-state index in [9.17, 15) is 10.1 Å². The molecule has 0 aliphatic carbocycles. The molecule has 0 bridgehead atoms. The molecule has 0 aromatic carbocycles. The first-order valence-electron chi connectivity index (χ1n) is 6.70. The molecule has 0 amide bonds. The van der Waals surface area contributed by atoms with E-state index in [1.165, 1.54) is 12.1 Å². The Morgan fingerprint density at radius 2 is 2.05 bits per heavy atom. The van der Waals surface area contributed by atoms with Crippen LogP contribution in [0.5, 0.6) is 0 Å². The molecular weight excluding hydrogens is 272 g/mol. The zero-order chi connectivity index (χ0) is 15.2. The van der Waals surface area contributed by atoms with Gasteiger partial charge in [0.15, 0.2) is 0 Å². The van der Waals surface area contributed by atoms with Crippen LogP contribution in [0, 0.1) is 10.1 Å². The van der Waals surface area contributed by atoms with E-state index >= 15 is 0 Å². The second-order valence-electron chi connectivity index (χ2n) is 4.51. The topological polar surface area (TPSA) is 97.9 Å². The number of nitrogens with one attached hydrogen (secondary N) is 2. The average Bonchev–Trinajstić information content (AvgIpc) is 2.84. The monoisotopic (exact) mass is 290 g/mol. The van der Waals surface area contributed by atoms with Crippen LogP contribution in [0.15, 0.2) is 24.5 Å². The largest absolute Gasteiger partial charge is 0.370 e. The molecule has 21 heavy (non-hydrogen) atoms. The molecule has 2 aromatic rings. The Morgan fingerprint density at radius 3 is 2.62 bits per heavy atom. The van der Waals surface area contributed by atoms with Crippen molar-refractivity contribution in [1.82, 2.24) is 14.5 Å². The molecule has 8 heteroatoms. The molecule has 0 aliphatic heterocycles. The maximum Gasteiger partial charge on any atom is 0.276 e. The van der Waals surface area contributed by atoms with Crippen molar-refractivity contribution >= 4 is 17.3 Å². The molecule has 0 spiro atoms. The molecule has 0 radical (unpaired) electrons. The highest BCUT2D eigenvalue weighted by Gasteiger charge is 2.11. The van der Waals surface area contributed by atoms with Crippen LogP contribution in [-0.4, -0.2) is 32.5 Å². The minimum atomic E-state index is -0.424. The zero-order valence-corrected chi connectivity index (χ0v) is 12.0. The number of hydrogen-bond donors (Lipinski definition) is 2. The normalized spacial score (nSPS) is 10.4. The second kappa shape index (κ2) is 6.69. The Kier molecular flexibility index (Phi) is 4.70. The highest BCUT2D eigenvalue weighted by atomic mass is 16.6. The fraction of sp³-hybridized carbons (Fsp3) is 0.385. The number of nitro groups is 1.